The Morgan fingerprint density at radius 1 is 1.29 bits per heavy atom. The van der Waals surface area contributed by atoms with Crippen molar-refractivity contribution >= 4 is 23.2 Å². The molecule has 0 saturated heterocycles. The number of fused-ring (bicyclic) bond motifs is 1. The maximum absolute atomic E-state index is 12.5. The molecule has 2 N–H and O–H groups in total. The lowest BCUT2D eigenvalue weighted by atomic mass is 10.0. The molecule has 0 aliphatic carbocycles. The van der Waals surface area contributed by atoms with Crippen molar-refractivity contribution in [2.75, 3.05) is 19.6 Å². The topological polar surface area (TPSA) is 87.5 Å². The van der Waals surface area contributed by atoms with Gasteiger partial charge >= 0.3 is 0 Å². The zero-order chi connectivity index (χ0) is 20.3. The molecular weight excluding hydrogens is 376 g/mol. The highest BCUT2D eigenvalue weighted by molar-refractivity contribution is 7.10. The first-order chi connectivity index (χ1) is 13.4. The van der Waals surface area contributed by atoms with Crippen LogP contribution in [0.15, 0.2) is 9.90 Å². The van der Waals surface area contributed by atoms with E-state index in [-0.39, 0.29) is 17.7 Å². The first-order valence-corrected chi connectivity index (χ1v) is 10.5. The lowest BCUT2D eigenvalue weighted by molar-refractivity contribution is -0.123. The summed E-state index contributed by atoms with van der Waals surface area (Å²) in [4.78, 5) is 27.7. The molecule has 1 aliphatic rings. The highest BCUT2D eigenvalue weighted by Gasteiger charge is 2.25. The van der Waals surface area contributed by atoms with Crippen LogP contribution in [0.3, 0.4) is 0 Å². The molecule has 2 aromatic heterocycles. The van der Waals surface area contributed by atoms with Gasteiger partial charge in [-0.1, -0.05) is 19.0 Å². The zero-order valence-corrected chi connectivity index (χ0v) is 17.7. The maximum atomic E-state index is 12.5. The predicted octanol–water partition coefficient (Wildman–Crippen LogP) is 2.41. The van der Waals surface area contributed by atoms with Crippen LogP contribution in [0.4, 0.5) is 0 Å². The summed E-state index contributed by atoms with van der Waals surface area (Å²) >= 11 is 1.64. The molecule has 0 atom stereocenters. The standard InChI is InChI=1S/C20H28N4O3S/c1-12(2)19(25)21-6-7-22-20(26)17-11-28-18-10-24(8-5-15(17)18)9-16-13(3)23-27-14(16)4/h11-12H,5-10H2,1-4H3,(H,21,25)(H,22,26). The van der Waals surface area contributed by atoms with Crippen molar-refractivity contribution in [1.82, 2.24) is 20.7 Å². The van der Waals surface area contributed by atoms with Gasteiger partial charge in [0.25, 0.3) is 5.91 Å². The molecule has 0 bridgehead atoms. The van der Waals surface area contributed by atoms with Gasteiger partial charge in [0.2, 0.25) is 5.91 Å². The van der Waals surface area contributed by atoms with Gasteiger partial charge in [-0.05, 0) is 25.8 Å². The molecular formula is C20H28N4O3S. The number of hydrogen-bond acceptors (Lipinski definition) is 6. The quantitative estimate of drug-likeness (QED) is 0.692. The smallest absolute Gasteiger partial charge is 0.252 e. The summed E-state index contributed by atoms with van der Waals surface area (Å²) in [6.45, 7) is 11.0. The average molecular weight is 405 g/mol. The summed E-state index contributed by atoms with van der Waals surface area (Å²) in [5.74, 6) is 0.767. The molecule has 0 saturated carbocycles. The first-order valence-electron chi connectivity index (χ1n) is 9.66. The molecule has 2 aromatic rings. The number of aromatic nitrogens is 1. The van der Waals surface area contributed by atoms with Gasteiger partial charge in [0.05, 0.1) is 11.3 Å². The Bertz CT molecular complexity index is 836. The molecule has 0 aromatic carbocycles. The Morgan fingerprint density at radius 3 is 2.71 bits per heavy atom. The number of amides is 2. The molecule has 28 heavy (non-hydrogen) atoms. The summed E-state index contributed by atoms with van der Waals surface area (Å²) in [6, 6.07) is 0. The second kappa shape index (κ2) is 8.87. The highest BCUT2D eigenvalue weighted by atomic mass is 32.1. The monoisotopic (exact) mass is 404 g/mol. The number of carbonyl (C=O) groups excluding carboxylic acids is 2. The van der Waals surface area contributed by atoms with Gasteiger partial charge in [0.15, 0.2) is 0 Å². The summed E-state index contributed by atoms with van der Waals surface area (Å²) < 4.78 is 5.26. The zero-order valence-electron chi connectivity index (χ0n) is 16.9. The third-order valence-electron chi connectivity index (χ3n) is 5.07. The summed E-state index contributed by atoms with van der Waals surface area (Å²) in [7, 11) is 0. The molecule has 2 amide bonds. The van der Waals surface area contributed by atoms with Crippen molar-refractivity contribution in [3.05, 3.63) is 38.4 Å². The third kappa shape index (κ3) is 4.62. The fraction of sp³-hybridized carbons (Fsp3) is 0.550. The van der Waals surface area contributed by atoms with Gasteiger partial charge in [-0.15, -0.1) is 11.3 Å². The van der Waals surface area contributed by atoms with Gasteiger partial charge < -0.3 is 15.2 Å². The minimum atomic E-state index is -0.0598. The molecule has 7 nitrogen and oxygen atoms in total. The van der Waals surface area contributed by atoms with E-state index in [1.165, 1.54) is 4.88 Å². The van der Waals surface area contributed by atoms with Gasteiger partial charge in [0, 0.05) is 54.5 Å². The van der Waals surface area contributed by atoms with E-state index < -0.39 is 0 Å². The summed E-state index contributed by atoms with van der Waals surface area (Å²) in [6.07, 6.45) is 0.856. The third-order valence-corrected chi connectivity index (χ3v) is 6.08. The number of thiophene rings is 1. The first kappa shape index (κ1) is 20.5. The minimum Gasteiger partial charge on any atom is -0.361 e. The van der Waals surface area contributed by atoms with E-state index in [2.05, 4.69) is 20.7 Å². The van der Waals surface area contributed by atoms with E-state index in [9.17, 15) is 9.59 Å². The molecule has 0 radical (unpaired) electrons. The van der Waals surface area contributed by atoms with E-state index in [0.29, 0.717) is 13.1 Å². The van der Waals surface area contributed by atoms with Crippen LogP contribution in [0.2, 0.25) is 0 Å². The van der Waals surface area contributed by atoms with Gasteiger partial charge in [0.1, 0.15) is 5.76 Å². The van der Waals surface area contributed by atoms with Gasteiger partial charge in [-0.3, -0.25) is 14.5 Å². The number of aryl methyl sites for hydroxylation is 2. The normalized spacial score (nSPS) is 14.2. The molecule has 152 valence electrons. The minimum absolute atomic E-state index is 0.000508. The van der Waals surface area contributed by atoms with Crippen molar-refractivity contribution in [1.29, 1.82) is 0 Å². The maximum Gasteiger partial charge on any atom is 0.252 e. The number of rotatable bonds is 7. The van der Waals surface area contributed by atoms with Crippen LogP contribution in [0.5, 0.6) is 0 Å². The van der Waals surface area contributed by atoms with E-state index >= 15 is 0 Å². The summed E-state index contributed by atoms with van der Waals surface area (Å²) in [5, 5.41) is 11.7. The average Bonchev–Trinajstić information content (AvgIpc) is 3.22. The molecule has 0 unspecified atom stereocenters. The Balaban J connectivity index is 1.54. The van der Waals surface area contributed by atoms with Crippen LogP contribution in [-0.2, 0) is 24.3 Å². The molecule has 1 aliphatic heterocycles. The lowest BCUT2D eigenvalue weighted by Crippen LogP contribution is -2.37. The molecule has 3 rings (SSSR count). The summed E-state index contributed by atoms with van der Waals surface area (Å²) in [5.41, 5.74) is 4.02. The predicted molar refractivity (Wildman–Crippen MR) is 108 cm³/mol. The highest BCUT2D eigenvalue weighted by Crippen LogP contribution is 2.30. The SMILES string of the molecule is Cc1noc(C)c1CN1CCc2c(C(=O)NCCNC(=O)C(C)C)csc2C1. The van der Waals surface area contributed by atoms with Crippen LogP contribution < -0.4 is 10.6 Å². The van der Waals surface area contributed by atoms with Gasteiger partial charge in [-0.2, -0.15) is 0 Å². The van der Waals surface area contributed by atoms with Gasteiger partial charge in [-0.25, -0.2) is 0 Å². The number of nitrogens with one attached hydrogen (secondary N) is 2. The van der Waals surface area contributed by atoms with Crippen LogP contribution in [0, 0.1) is 19.8 Å². The molecule has 8 heteroatoms. The molecule has 0 spiro atoms. The fourth-order valence-corrected chi connectivity index (χ4v) is 4.44. The van der Waals surface area contributed by atoms with E-state index in [1.807, 2.05) is 33.1 Å². The van der Waals surface area contributed by atoms with E-state index in [0.717, 1.165) is 54.2 Å². The Kier molecular flexibility index (Phi) is 6.51. The van der Waals surface area contributed by atoms with E-state index in [1.54, 1.807) is 11.3 Å². The molecule has 0 fully saturated rings. The fourth-order valence-electron chi connectivity index (χ4n) is 3.32. The Hall–Kier alpha value is -2.19. The van der Waals surface area contributed by atoms with Crippen molar-refractivity contribution in [2.45, 2.75) is 47.2 Å². The number of carbonyl (C=O) groups is 2. The van der Waals surface area contributed by atoms with Crippen molar-refractivity contribution in [2.24, 2.45) is 5.92 Å². The van der Waals surface area contributed by atoms with Crippen molar-refractivity contribution in [3.63, 3.8) is 0 Å². The number of hydrogen-bond donors (Lipinski definition) is 2. The van der Waals surface area contributed by atoms with Crippen molar-refractivity contribution < 1.29 is 14.1 Å². The van der Waals surface area contributed by atoms with Crippen LogP contribution in [-0.4, -0.2) is 41.5 Å². The largest absolute Gasteiger partial charge is 0.361 e. The van der Waals surface area contributed by atoms with Crippen LogP contribution in [0.25, 0.3) is 0 Å². The van der Waals surface area contributed by atoms with Crippen molar-refractivity contribution in [3.8, 4) is 0 Å². The number of nitrogens with zero attached hydrogens (tertiary/aromatic N) is 2. The van der Waals surface area contributed by atoms with Crippen LogP contribution in [0.1, 0.15) is 51.7 Å². The second-order valence-electron chi connectivity index (χ2n) is 7.52. The second-order valence-corrected chi connectivity index (χ2v) is 8.48. The van der Waals surface area contributed by atoms with E-state index in [4.69, 9.17) is 4.52 Å². The van der Waals surface area contributed by atoms with Crippen LogP contribution >= 0.6 is 11.3 Å². The Labute approximate surface area is 169 Å². The lowest BCUT2D eigenvalue weighted by Gasteiger charge is -2.27. The Morgan fingerprint density at radius 2 is 2.04 bits per heavy atom. The molecule has 3 heterocycles.